The lowest BCUT2D eigenvalue weighted by molar-refractivity contribution is 0.594. The minimum absolute atomic E-state index is 0.147. The number of rotatable bonds is 4. The van der Waals surface area contributed by atoms with E-state index < -0.39 is 10.0 Å². The zero-order valence-electron chi connectivity index (χ0n) is 8.16. The van der Waals surface area contributed by atoms with Crippen molar-refractivity contribution in [3.05, 3.63) is 29.8 Å². The van der Waals surface area contributed by atoms with E-state index in [2.05, 4.69) is 6.92 Å². The van der Waals surface area contributed by atoms with Crippen LogP contribution in [0.4, 0.5) is 0 Å². The molecule has 1 N–H and O–H groups in total. The van der Waals surface area contributed by atoms with Crippen molar-refractivity contribution in [2.24, 2.45) is 0 Å². The van der Waals surface area contributed by atoms with Crippen LogP contribution in [-0.2, 0) is 16.4 Å². The SMILES string of the molecule is CCCCc1ccccc1S([NH])(=O)=O. The van der Waals surface area contributed by atoms with Gasteiger partial charge in [-0.2, -0.15) is 0 Å². The molecular weight excluding hydrogens is 198 g/mol. The van der Waals surface area contributed by atoms with Gasteiger partial charge in [0.05, 0.1) is 4.90 Å². The summed E-state index contributed by atoms with van der Waals surface area (Å²) in [6.45, 7) is 2.05. The number of unbranched alkanes of at least 4 members (excludes halogenated alkanes) is 1. The number of nitrogens with one attached hydrogen (secondary N) is 1. The quantitative estimate of drug-likeness (QED) is 0.766. The van der Waals surface area contributed by atoms with Crippen LogP contribution in [0.15, 0.2) is 29.2 Å². The lowest BCUT2D eigenvalue weighted by Gasteiger charge is -2.05. The standard InChI is InChI=1S/C10H14NO2S/c1-2-3-6-9-7-4-5-8-10(9)14(11,12)13/h4-5,7-8,11H,2-3,6H2,1H3. The summed E-state index contributed by atoms with van der Waals surface area (Å²) >= 11 is 0. The van der Waals surface area contributed by atoms with Crippen LogP contribution in [0.3, 0.4) is 0 Å². The summed E-state index contributed by atoms with van der Waals surface area (Å²) in [4.78, 5) is 0.147. The van der Waals surface area contributed by atoms with Gasteiger partial charge >= 0.3 is 0 Å². The van der Waals surface area contributed by atoms with Gasteiger partial charge in [-0.25, -0.2) is 8.42 Å². The van der Waals surface area contributed by atoms with Crippen molar-refractivity contribution in [3.8, 4) is 0 Å². The Kier molecular flexibility index (Phi) is 3.66. The molecule has 0 spiro atoms. The molecule has 0 aliphatic rings. The molecule has 14 heavy (non-hydrogen) atoms. The van der Waals surface area contributed by atoms with Crippen LogP contribution >= 0.6 is 0 Å². The minimum Gasteiger partial charge on any atom is -0.206 e. The Bertz CT molecular complexity index is 398. The summed E-state index contributed by atoms with van der Waals surface area (Å²) in [6.07, 6.45) is 2.70. The van der Waals surface area contributed by atoms with Crippen molar-refractivity contribution in [2.45, 2.75) is 31.1 Å². The number of sulfonamides is 1. The van der Waals surface area contributed by atoms with Gasteiger partial charge in [0.15, 0.2) is 0 Å². The van der Waals surface area contributed by atoms with Gasteiger partial charge in [0.25, 0.3) is 10.0 Å². The second-order valence-corrected chi connectivity index (χ2v) is 4.66. The molecule has 0 unspecified atom stereocenters. The summed E-state index contributed by atoms with van der Waals surface area (Å²) in [7, 11) is -3.81. The molecule has 0 bridgehead atoms. The molecule has 1 aromatic carbocycles. The Morgan fingerprint density at radius 2 is 1.93 bits per heavy atom. The molecule has 0 aliphatic heterocycles. The largest absolute Gasteiger partial charge is 0.254 e. The van der Waals surface area contributed by atoms with Crippen LogP contribution < -0.4 is 5.14 Å². The summed E-state index contributed by atoms with van der Waals surface area (Å²) in [5, 5.41) is 7.02. The lowest BCUT2D eigenvalue weighted by Crippen LogP contribution is -2.04. The van der Waals surface area contributed by atoms with E-state index in [0.29, 0.717) is 0 Å². The van der Waals surface area contributed by atoms with Gasteiger partial charge in [-0.1, -0.05) is 31.5 Å². The maximum atomic E-state index is 11.1. The molecule has 0 aromatic heterocycles. The van der Waals surface area contributed by atoms with E-state index in [1.807, 2.05) is 0 Å². The normalized spacial score (nSPS) is 11.6. The first-order chi connectivity index (χ1) is 6.55. The highest BCUT2D eigenvalue weighted by atomic mass is 32.2. The van der Waals surface area contributed by atoms with Gasteiger partial charge < -0.3 is 0 Å². The smallest absolute Gasteiger partial charge is 0.206 e. The zero-order chi connectivity index (χ0) is 10.6. The van der Waals surface area contributed by atoms with E-state index in [1.54, 1.807) is 18.2 Å². The Labute approximate surface area is 85.0 Å². The Morgan fingerprint density at radius 1 is 1.29 bits per heavy atom. The first kappa shape index (κ1) is 11.2. The highest BCUT2D eigenvalue weighted by molar-refractivity contribution is 7.88. The molecule has 0 saturated carbocycles. The second-order valence-electron chi connectivity index (χ2n) is 3.21. The van der Waals surface area contributed by atoms with Crippen molar-refractivity contribution >= 4 is 10.0 Å². The Hall–Kier alpha value is -0.870. The predicted molar refractivity (Wildman–Crippen MR) is 55.3 cm³/mol. The predicted octanol–water partition coefficient (Wildman–Crippen LogP) is 2.00. The number of benzene rings is 1. The van der Waals surface area contributed by atoms with E-state index in [1.165, 1.54) is 6.07 Å². The van der Waals surface area contributed by atoms with Crippen LogP contribution in [-0.4, -0.2) is 8.42 Å². The van der Waals surface area contributed by atoms with Crippen molar-refractivity contribution in [1.82, 2.24) is 5.14 Å². The fourth-order valence-electron chi connectivity index (χ4n) is 1.34. The monoisotopic (exact) mass is 212 g/mol. The van der Waals surface area contributed by atoms with Gasteiger partial charge in [0.2, 0.25) is 0 Å². The molecule has 3 nitrogen and oxygen atoms in total. The molecule has 1 radical (unpaired) electrons. The first-order valence-corrected chi connectivity index (χ1v) is 6.11. The fraction of sp³-hybridized carbons (Fsp3) is 0.400. The molecular formula is C10H14NO2S. The van der Waals surface area contributed by atoms with Crippen LogP contribution in [0, 0.1) is 0 Å². The Morgan fingerprint density at radius 3 is 2.50 bits per heavy atom. The minimum atomic E-state index is -3.81. The topological polar surface area (TPSA) is 57.9 Å². The summed E-state index contributed by atoms with van der Waals surface area (Å²) in [5.41, 5.74) is 0.754. The second kappa shape index (κ2) is 4.57. The summed E-state index contributed by atoms with van der Waals surface area (Å²) < 4.78 is 22.2. The third-order valence-corrected chi connectivity index (χ3v) is 3.04. The number of aryl methyl sites for hydroxylation is 1. The summed E-state index contributed by atoms with van der Waals surface area (Å²) in [5.74, 6) is 0. The number of hydrogen-bond acceptors (Lipinski definition) is 2. The fourth-order valence-corrected chi connectivity index (χ4v) is 2.11. The molecule has 0 atom stereocenters. The maximum absolute atomic E-state index is 11.1. The van der Waals surface area contributed by atoms with Crippen LogP contribution in [0.1, 0.15) is 25.3 Å². The third kappa shape index (κ3) is 2.82. The van der Waals surface area contributed by atoms with Crippen molar-refractivity contribution in [2.75, 3.05) is 0 Å². The highest BCUT2D eigenvalue weighted by Gasteiger charge is 2.12. The Balaban J connectivity index is 3.04. The maximum Gasteiger partial charge on any atom is 0.254 e. The third-order valence-electron chi connectivity index (χ3n) is 2.06. The average molecular weight is 212 g/mol. The molecule has 77 valence electrons. The molecule has 0 saturated heterocycles. The van der Waals surface area contributed by atoms with Gasteiger partial charge in [0, 0.05) is 0 Å². The number of hydrogen-bond donors (Lipinski definition) is 0. The molecule has 0 amide bonds. The van der Waals surface area contributed by atoms with E-state index in [0.717, 1.165) is 24.8 Å². The van der Waals surface area contributed by atoms with Crippen molar-refractivity contribution in [1.29, 1.82) is 0 Å². The van der Waals surface area contributed by atoms with Crippen LogP contribution in [0.2, 0.25) is 0 Å². The van der Waals surface area contributed by atoms with Crippen LogP contribution in [0.25, 0.3) is 0 Å². The van der Waals surface area contributed by atoms with Crippen molar-refractivity contribution < 1.29 is 8.42 Å². The molecule has 0 fully saturated rings. The van der Waals surface area contributed by atoms with Gasteiger partial charge in [-0.3, -0.25) is 0 Å². The van der Waals surface area contributed by atoms with E-state index in [-0.39, 0.29) is 4.90 Å². The highest BCUT2D eigenvalue weighted by Crippen LogP contribution is 2.16. The van der Waals surface area contributed by atoms with Gasteiger partial charge in [-0.15, -0.1) is 5.14 Å². The van der Waals surface area contributed by atoms with E-state index in [9.17, 15) is 8.42 Å². The molecule has 1 rings (SSSR count). The van der Waals surface area contributed by atoms with E-state index >= 15 is 0 Å². The van der Waals surface area contributed by atoms with Gasteiger partial charge in [0.1, 0.15) is 0 Å². The van der Waals surface area contributed by atoms with Gasteiger partial charge in [-0.05, 0) is 24.5 Å². The molecule has 0 aliphatic carbocycles. The molecule has 0 heterocycles. The molecule has 1 aromatic rings. The van der Waals surface area contributed by atoms with Crippen LogP contribution in [0.5, 0.6) is 0 Å². The zero-order valence-corrected chi connectivity index (χ0v) is 8.97. The average Bonchev–Trinajstić information content (AvgIpc) is 2.14. The first-order valence-electron chi connectivity index (χ1n) is 4.63. The lowest BCUT2D eigenvalue weighted by atomic mass is 10.1. The molecule has 4 heteroatoms. The van der Waals surface area contributed by atoms with Crippen molar-refractivity contribution in [3.63, 3.8) is 0 Å². The summed E-state index contributed by atoms with van der Waals surface area (Å²) in [6, 6.07) is 6.72. The van der Waals surface area contributed by atoms with E-state index in [4.69, 9.17) is 5.14 Å².